The molecule has 1 aliphatic rings. The lowest BCUT2D eigenvalue weighted by Crippen LogP contribution is -2.41. The fourth-order valence-electron chi connectivity index (χ4n) is 1.98. The molecule has 0 radical (unpaired) electrons. The van der Waals surface area contributed by atoms with E-state index in [-0.39, 0.29) is 24.0 Å². The van der Waals surface area contributed by atoms with E-state index in [0.29, 0.717) is 0 Å². The molecule has 0 aromatic carbocycles. The normalized spacial score (nSPS) is 15.7. The molecule has 1 heterocycles. The Kier molecular flexibility index (Phi) is 7.15. The summed E-state index contributed by atoms with van der Waals surface area (Å²) < 4.78 is 2.16. The molecule has 5 heteroatoms. The van der Waals surface area contributed by atoms with Gasteiger partial charge in [-0.05, 0) is 30.9 Å². The second kappa shape index (κ2) is 8.39. The Morgan fingerprint density at radius 3 is 2.56 bits per heavy atom. The quantitative estimate of drug-likeness (QED) is 0.478. The maximum Gasteiger partial charge on any atom is 0.191 e. The molecule has 1 aromatic heterocycles. The van der Waals surface area contributed by atoms with Crippen LogP contribution in [0.1, 0.15) is 19.3 Å². The lowest BCUT2D eigenvalue weighted by Gasteiger charge is -2.26. The largest absolute Gasteiger partial charge is 0.356 e. The van der Waals surface area contributed by atoms with Crippen LogP contribution in [0.4, 0.5) is 0 Å². The average molecular weight is 362 g/mol. The van der Waals surface area contributed by atoms with E-state index in [1.54, 1.807) is 0 Å². The summed E-state index contributed by atoms with van der Waals surface area (Å²) in [6, 6.07) is 4.09. The average Bonchev–Trinajstić information content (AvgIpc) is 2.77. The number of rotatable bonds is 5. The molecule has 0 unspecified atom stereocenters. The minimum atomic E-state index is 0. The zero-order chi connectivity index (χ0) is 11.9. The number of guanidine groups is 1. The van der Waals surface area contributed by atoms with Crippen molar-refractivity contribution in [3.8, 4) is 0 Å². The monoisotopic (exact) mass is 362 g/mol. The van der Waals surface area contributed by atoms with Crippen LogP contribution in [0.5, 0.6) is 0 Å². The molecule has 0 aliphatic heterocycles. The van der Waals surface area contributed by atoms with Crippen molar-refractivity contribution in [3.05, 3.63) is 24.5 Å². The highest BCUT2D eigenvalue weighted by Gasteiger charge is 2.16. The number of nitrogens with one attached hydrogen (secondary N) is 2. The van der Waals surface area contributed by atoms with Crippen LogP contribution in [0.2, 0.25) is 0 Å². The highest BCUT2D eigenvalue weighted by molar-refractivity contribution is 14.0. The number of nitrogens with zero attached hydrogens (tertiary/aromatic N) is 2. The molecular weight excluding hydrogens is 339 g/mol. The highest BCUT2D eigenvalue weighted by Crippen LogP contribution is 2.24. The van der Waals surface area contributed by atoms with Gasteiger partial charge in [-0.3, -0.25) is 4.99 Å². The first-order chi connectivity index (χ1) is 8.38. The van der Waals surface area contributed by atoms with Crippen LogP contribution in [0.3, 0.4) is 0 Å². The second-order valence-corrected chi connectivity index (χ2v) is 4.60. The van der Waals surface area contributed by atoms with Crippen molar-refractivity contribution in [3.63, 3.8) is 0 Å². The van der Waals surface area contributed by atoms with Gasteiger partial charge in [0.05, 0.1) is 0 Å². The number of aliphatic imine (C=N–C) groups is 1. The van der Waals surface area contributed by atoms with Crippen molar-refractivity contribution in [2.75, 3.05) is 20.1 Å². The van der Waals surface area contributed by atoms with E-state index in [1.807, 2.05) is 19.2 Å². The Morgan fingerprint density at radius 2 is 2.00 bits per heavy atom. The summed E-state index contributed by atoms with van der Waals surface area (Å²) in [5.74, 6) is 1.78. The minimum absolute atomic E-state index is 0. The Bertz CT molecular complexity index is 344. The van der Waals surface area contributed by atoms with Crippen molar-refractivity contribution in [2.24, 2.45) is 10.9 Å². The molecule has 2 N–H and O–H groups in total. The number of halogens is 1. The van der Waals surface area contributed by atoms with Crippen LogP contribution in [-0.2, 0) is 6.54 Å². The number of aromatic nitrogens is 1. The minimum Gasteiger partial charge on any atom is -0.356 e. The summed E-state index contributed by atoms with van der Waals surface area (Å²) in [6.07, 6.45) is 8.28. The zero-order valence-corrected chi connectivity index (χ0v) is 13.3. The van der Waals surface area contributed by atoms with Gasteiger partial charge in [-0.25, -0.2) is 0 Å². The fourth-order valence-corrected chi connectivity index (χ4v) is 1.98. The van der Waals surface area contributed by atoms with Crippen LogP contribution < -0.4 is 10.6 Å². The summed E-state index contributed by atoms with van der Waals surface area (Å²) in [5, 5.41) is 6.71. The Balaban J connectivity index is 0.00000162. The molecule has 1 aliphatic carbocycles. The topological polar surface area (TPSA) is 41.4 Å². The third-order valence-corrected chi connectivity index (χ3v) is 3.34. The molecule has 0 atom stereocenters. The maximum atomic E-state index is 4.22. The highest BCUT2D eigenvalue weighted by atomic mass is 127. The number of hydrogen-bond donors (Lipinski definition) is 2. The van der Waals surface area contributed by atoms with E-state index in [1.165, 1.54) is 19.3 Å². The molecule has 0 spiro atoms. The van der Waals surface area contributed by atoms with Crippen LogP contribution >= 0.6 is 24.0 Å². The van der Waals surface area contributed by atoms with Crippen LogP contribution in [-0.4, -0.2) is 30.7 Å². The number of hydrogen-bond acceptors (Lipinski definition) is 1. The first kappa shape index (κ1) is 15.3. The predicted octanol–water partition coefficient (Wildman–Crippen LogP) is 2.07. The van der Waals surface area contributed by atoms with Crippen molar-refractivity contribution in [1.29, 1.82) is 0 Å². The lowest BCUT2D eigenvalue weighted by atomic mass is 9.85. The molecular formula is C13H23IN4. The Hall–Kier alpha value is -0.720. The van der Waals surface area contributed by atoms with Gasteiger partial charge in [0, 0.05) is 39.1 Å². The molecule has 0 saturated heterocycles. The lowest BCUT2D eigenvalue weighted by molar-refractivity contribution is 0.314. The molecule has 1 saturated carbocycles. The molecule has 1 aromatic rings. The molecule has 4 nitrogen and oxygen atoms in total. The molecule has 0 amide bonds. The van der Waals surface area contributed by atoms with Gasteiger partial charge in [0.25, 0.3) is 0 Å². The first-order valence-corrected chi connectivity index (χ1v) is 6.44. The maximum absolute atomic E-state index is 4.22. The molecule has 102 valence electrons. The van der Waals surface area contributed by atoms with E-state index in [9.17, 15) is 0 Å². The second-order valence-electron chi connectivity index (χ2n) is 4.60. The van der Waals surface area contributed by atoms with Gasteiger partial charge in [0.2, 0.25) is 0 Å². The standard InChI is InChI=1S/C13H22N4.HI/c1-14-13(16-11-12-5-4-6-12)15-7-10-17-8-2-3-9-17;/h2-3,8-9,12H,4-7,10-11H2,1H3,(H2,14,15,16);1H. The summed E-state index contributed by atoms with van der Waals surface area (Å²) in [4.78, 5) is 4.22. The molecule has 0 bridgehead atoms. The van der Waals surface area contributed by atoms with Crippen LogP contribution in [0, 0.1) is 5.92 Å². The van der Waals surface area contributed by atoms with Crippen LogP contribution in [0.25, 0.3) is 0 Å². The molecule has 1 fully saturated rings. The predicted molar refractivity (Wildman–Crippen MR) is 86.6 cm³/mol. The third-order valence-electron chi connectivity index (χ3n) is 3.34. The van der Waals surface area contributed by atoms with Crippen molar-refractivity contribution < 1.29 is 0 Å². The van der Waals surface area contributed by atoms with Gasteiger partial charge in [-0.2, -0.15) is 0 Å². The van der Waals surface area contributed by atoms with Crippen molar-refractivity contribution in [2.45, 2.75) is 25.8 Å². The summed E-state index contributed by atoms with van der Waals surface area (Å²) in [5.41, 5.74) is 0. The first-order valence-electron chi connectivity index (χ1n) is 6.44. The summed E-state index contributed by atoms with van der Waals surface area (Å²) >= 11 is 0. The van der Waals surface area contributed by atoms with E-state index in [2.05, 4.69) is 32.6 Å². The Labute approximate surface area is 126 Å². The summed E-state index contributed by atoms with van der Waals surface area (Å²) in [6.45, 7) is 2.93. The van der Waals surface area contributed by atoms with Crippen molar-refractivity contribution in [1.82, 2.24) is 15.2 Å². The van der Waals surface area contributed by atoms with E-state index >= 15 is 0 Å². The summed E-state index contributed by atoms with van der Waals surface area (Å²) in [7, 11) is 1.83. The SMILES string of the molecule is CN=C(NCCn1cccc1)NCC1CCC1.I. The van der Waals surface area contributed by atoms with E-state index in [0.717, 1.165) is 31.5 Å². The van der Waals surface area contributed by atoms with E-state index in [4.69, 9.17) is 0 Å². The molecule has 18 heavy (non-hydrogen) atoms. The molecule has 2 rings (SSSR count). The van der Waals surface area contributed by atoms with Gasteiger partial charge < -0.3 is 15.2 Å². The Morgan fingerprint density at radius 1 is 1.28 bits per heavy atom. The zero-order valence-electron chi connectivity index (χ0n) is 10.9. The van der Waals surface area contributed by atoms with Gasteiger partial charge in [0.15, 0.2) is 5.96 Å². The third kappa shape index (κ3) is 4.88. The van der Waals surface area contributed by atoms with E-state index < -0.39 is 0 Å². The van der Waals surface area contributed by atoms with Crippen LogP contribution in [0.15, 0.2) is 29.5 Å². The van der Waals surface area contributed by atoms with Gasteiger partial charge >= 0.3 is 0 Å². The fraction of sp³-hybridized carbons (Fsp3) is 0.615. The van der Waals surface area contributed by atoms with Gasteiger partial charge in [-0.1, -0.05) is 6.42 Å². The van der Waals surface area contributed by atoms with Gasteiger partial charge in [0.1, 0.15) is 0 Å². The smallest absolute Gasteiger partial charge is 0.191 e. The van der Waals surface area contributed by atoms with Crippen molar-refractivity contribution >= 4 is 29.9 Å². The van der Waals surface area contributed by atoms with Gasteiger partial charge in [-0.15, -0.1) is 24.0 Å².